The summed E-state index contributed by atoms with van der Waals surface area (Å²) in [6.45, 7) is 4.09. The first-order valence-electron chi connectivity index (χ1n) is 8.66. The molecule has 0 aliphatic carbocycles. The second-order valence-electron chi connectivity index (χ2n) is 6.06. The molecule has 27 heavy (non-hydrogen) atoms. The van der Waals surface area contributed by atoms with Gasteiger partial charge in [0.2, 0.25) is 0 Å². The van der Waals surface area contributed by atoms with Crippen LogP contribution in [-0.4, -0.2) is 22.2 Å². The molecule has 0 bridgehead atoms. The molecule has 3 rings (SSSR count). The third-order valence-electron chi connectivity index (χ3n) is 4.17. The van der Waals surface area contributed by atoms with E-state index in [0.29, 0.717) is 5.82 Å². The van der Waals surface area contributed by atoms with Crippen LogP contribution in [0.4, 0.5) is 11.5 Å². The molecular formula is C20H20N4O3. The standard InChI is InChI=1S/C20H20N4O3/c1-3-14(2)27-19-10-8-15-6-4-5-7-17(15)18(19)13-22-23-20-11-9-16(12-21-20)24(25)26/h4-14H,3H2,1-2H3,(H,21,23)/b22-13+/t14-/m0/s1. The Morgan fingerprint density at radius 3 is 2.78 bits per heavy atom. The number of rotatable bonds is 7. The molecule has 0 amide bonds. The number of nitrogens with zero attached hydrogens (tertiary/aromatic N) is 3. The SMILES string of the molecule is CC[C@H](C)Oc1ccc2ccccc2c1/C=N/Nc1ccc([N+](=O)[O-])cn1. The third-order valence-corrected chi connectivity index (χ3v) is 4.17. The lowest BCUT2D eigenvalue weighted by Crippen LogP contribution is -2.11. The van der Waals surface area contributed by atoms with Gasteiger partial charge in [-0.15, -0.1) is 0 Å². The lowest BCUT2D eigenvalue weighted by Gasteiger charge is -2.16. The van der Waals surface area contributed by atoms with Crippen molar-refractivity contribution >= 4 is 28.5 Å². The van der Waals surface area contributed by atoms with Crippen LogP contribution in [0.5, 0.6) is 5.75 Å². The number of aromatic nitrogens is 1. The average Bonchev–Trinajstić information content (AvgIpc) is 2.69. The van der Waals surface area contributed by atoms with Gasteiger partial charge in [0, 0.05) is 11.6 Å². The van der Waals surface area contributed by atoms with Crippen molar-refractivity contribution in [1.29, 1.82) is 0 Å². The Morgan fingerprint density at radius 1 is 1.26 bits per heavy atom. The largest absolute Gasteiger partial charge is 0.490 e. The monoisotopic (exact) mass is 364 g/mol. The molecule has 0 spiro atoms. The van der Waals surface area contributed by atoms with Gasteiger partial charge in [0.25, 0.3) is 5.69 Å². The number of hydrogen-bond donors (Lipinski definition) is 1. The van der Waals surface area contributed by atoms with Crippen LogP contribution < -0.4 is 10.2 Å². The van der Waals surface area contributed by atoms with Crippen molar-refractivity contribution in [2.75, 3.05) is 5.43 Å². The molecule has 7 nitrogen and oxygen atoms in total. The molecule has 138 valence electrons. The van der Waals surface area contributed by atoms with Gasteiger partial charge in [0.1, 0.15) is 17.8 Å². The summed E-state index contributed by atoms with van der Waals surface area (Å²) in [6.07, 6.45) is 3.85. The Hall–Kier alpha value is -3.48. The predicted molar refractivity (Wildman–Crippen MR) is 106 cm³/mol. The maximum atomic E-state index is 10.7. The van der Waals surface area contributed by atoms with E-state index in [2.05, 4.69) is 22.4 Å². The average molecular weight is 364 g/mol. The van der Waals surface area contributed by atoms with Crippen LogP contribution in [0, 0.1) is 10.1 Å². The van der Waals surface area contributed by atoms with E-state index in [1.807, 2.05) is 43.3 Å². The van der Waals surface area contributed by atoms with E-state index >= 15 is 0 Å². The highest BCUT2D eigenvalue weighted by molar-refractivity contribution is 6.02. The number of nitro groups is 1. The molecule has 0 saturated carbocycles. The number of nitrogens with one attached hydrogen (secondary N) is 1. The van der Waals surface area contributed by atoms with Gasteiger partial charge in [-0.25, -0.2) is 4.98 Å². The number of anilines is 1. The summed E-state index contributed by atoms with van der Waals surface area (Å²) >= 11 is 0. The van der Waals surface area contributed by atoms with Crippen LogP contribution in [0.1, 0.15) is 25.8 Å². The Morgan fingerprint density at radius 2 is 2.07 bits per heavy atom. The molecular weight excluding hydrogens is 344 g/mol. The highest BCUT2D eigenvalue weighted by Crippen LogP contribution is 2.28. The van der Waals surface area contributed by atoms with Gasteiger partial charge in [-0.2, -0.15) is 5.10 Å². The normalized spacial score (nSPS) is 12.2. The molecule has 1 aromatic heterocycles. The van der Waals surface area contributed by atoms with E-state index in [1.165, 1.54) is 18.3 Å². The highest BCUT2D eigenvalue weighted by Gasteiger charge is 2.10. The van der Waals surface area contributed by atoms with Crippen molar-refractivity contribution < 1.29 is 9.66 Å². The third kappa shape index (κ3) is 4.38. The predicted octanol–water partition coefficient (Wildman–Crippen LogP) is 4.77. The Labute approximate surface area is 156 Å². The number of hydrogen-bond acceptors (Lipinski definition) is 6. The van der Waals surface area contributed by atoms with Crippen LogP contribution in [0.2, 0.25) is 0 Å². The summed E-state index contributed by atoms with van der Waals surface area (Å²) in [5, 5.41) is 17.0. The minimum Gasteiger partial charge on any atom is -0.490 e. The van der Waals surface area contributed by atoms with E-state index in [0.717, 1.165) is 28.5 Å². The Balaban J connectivity index is 1.88. The Bertz CT molecular complexity index is 971. The van der Waals surface area contributed by atoms with Crippen molar-refractivity contribution in [2.24, 2.45) is 5.10 Å². The molecule has 3 aromatic rings. The number of fused-ring (bicyclic) bond motifs is 1. The number of ether oxygens (including phenoxy) is 1. The molecule has 0 fully saturated rings. The number of hydrazone groups is 1. The van der Waals surface area contributed by atoms with Crippen molar-refractivity contribution in [2.45, 2.75) is 26.4 Å². The second kappa shape index (κ2) is 8.27. The fourth-order valence-electron chi connectivity index (χ4n) is 2.53. The van der Waals surface area contributed by atoms with Gasteiger partial charge in [-0.1, -0.05) is 37.3 Å². The molecule has 2 aromatic carbocycles. The first-order valence-corrected chi connectivity index (χ1v) is 8.66. The topological polar surface area (TPSA) is 89.6 Å². The van der Waals surface area contributed by atoms with Crippen molar-refractivity contribution in [3.63, 3.8) is 0 Å². The van der Waals surface area contributed by atoms with Gasteiger partial charge >= 0.3 is 0 Å². The second-order valence-corrected chi connectivity index (χ2v) is 6.06. The van der Waals surface area contributed by atoms with Crippen LogP contribution in [-0.2, 0) is 0 Å². The summed E-state index contributed by atoms with van der Waals surface area (Å²) < 4.78 is 6.04. The fourth-order valence-corrected chi connectivity index (χ4v) is 2.53. The van der Waals surface area contributed by atoms with Crippen molar-refractivity contribution in [3.05, 3.63) is 70.4 Å². The zero-order chi connectivity index (χ0) is 19.2. The van der Waals surface area contributed by atoms with E-state index in [9.17, 15) is 10.1 Å². The molecule has 1 heterocycles. The van der Waals surface area contributed by atoms with E-state index in [1.54, 1.807) is 6.21 Å². The van der Waals surface area contributed by atoms with Crippen molar-refractivity contribution in [1.82, 2.24) is 4.98 Å². The fraction of sp³-hybridized carbons (Fsp3) is 0.200. The van der Waals surface area contributed by atoms with Crippen LogP contribution >= 0.6 is 0 Å². The molecule has 7 heteroatoms. The van der Waals surface area contributed by atoms with Crippen LogP contribution in [0.25, 0.3) is 10.8 Å². The first-order chi connectivity index (χ1) is 13.1. The van der Waals surface area contributed by atoms with E-state index in [4.69, 9.17) is 4.74 Å². The Kier molecular flexibility index (Phi) is 5.61. The zero-order valence-electron chi connectivity index (χ0n) is 15.1. The molecule has 1 atom stereocenters. The molecule has 0 aliphatic rings. The molecule has 0 radical (unpaired) electrons. The van der Waals surface area contributed by atoms with Gasteiger partial charge < -0.3 is 4.74 Å². The minimum atomic E-state index is -0.491. The van der Waals surface area contributed by atoms with Gasteiger partial charge in [0.15, 0.2) is 0 Å². The van der Waals surface area contributed by atoms with Gasteiger partial charge in [0.05, 0.1) is 17.2 Å². The summed E-state index contributed by atoms with van der Waals surface area (Å²) in [6, 6.07) is 14.9. The maximum Gasteiger partial charge on any atom is 0.287 e. The van der Waals surface area contributed by atoms with Gasteiger partial charge in [-0.3, -0.25) is 15.5 Å². The van der Waals surface area contributed by atoms with Gasteiger partial charge in [-0.05, 0) is 36.2 Å². The summed E-state index contributed by atoms with van der Waals surface area (Å²) in [5.74, 6) is 1.17. The van der Waals surface area contributed by atoms with E-state index < -0.39 is 4.92 Å². The minimum absolute atomic E-state index is 0.0668. The number of pyridine rings is 1. The lowest BCUT2D eigenvalue weighted by molar-refractivity contribution is -0.385. The van der Waals surface area contributed by atoms with Crippen LogP contribution in [0.3, 0.4) is 0 Å². The maximum absolute atomic E-state index is 10.7. The summed E-state index contributed by atoms with van der Waals surface area (Å²) in [4.78, 5) is 14.2. The molecule has 0 saturated heterocycles. The number of benzene rings is 2. The molecule has 0 aliphatic heterocycles. The molecule has 0 unspecified atom stereocenters. The van der Waals surface area contributed by atoms with Crippen molar-refractivity contribution in [3.8, 4) is 5.75 Å². The van der Waals surface area contributed by atoms with Crippen LogP contribution in [0.15, 0.2) is 59.8 Å². The summed E-state index contributed by atoms with van der Waals surface area (Å²) in [7, 11) is 0. The highest BCUT2D eigenvalue weighted by atomic mass is 16.6. The zero-order valence-corrected chi connectivity index (χ0v) is 15.1. The first kappa shape index (κ1) is 18.3. The smallest absolute Gasteiger partial charge is 0.287 e. The quantitative estimate of drug-likeness (QED) is 0.371. The molecule has 1 N–H and O–H groups in total. The lowest BCUT2D eigenvalue weighted by atomic mass is 10.0. The van der Waals surface area contributed by atoms with E-state index in [-0.39, 0.29) is 11.8 Å². The summed E-state index contributed by atoms with van der Waals surface area (Å²) in [5.41, 5.74) is 3.60.